The van der Waals surface area contributed by atoms with Crippen molar-refractivity contribution in [2.45, 2.75) is 46.0 Å². The van der Waals surface area contributed by atoms with E-state index in [1.54, 1.807) is 11.1 Å². The Hall–Kier alpha value is -2.08. The van der Waals surface area contributed by atoms with Crippen LogP contribution in [0.4, 0.5) is 0 Å². The zero-order valence-corrected chi connectivity index (χ0v) is 15.0. The van der Waals surface area contributed by atoms with E-state index in [9.17, 15) is 0 Å². The Labute approximate surface area is 145 Å². The lowest BCUT2D eigenvalue weighted by Crippen LogP contribution is -2.02. The van der Waals surface area contributed by atoms with Crippen LogP contribution in [0.5, 0.6) is 0 Å². The molecule has 24 heavy (non-hydrogen) atoms. The number of allylic oxidation sites excluding steroid dienone is 4. The summed E-state index contributed by atoms with van der Waals surface area (Å²) in [4.78, 5) is 0. The maximum absolute atomic E-state index is 2.44. The molecule has 0 heterocycles. The van der Waals surface area contributed by atoms with E-state index in [1.165, 1.54) is 40.7 Å². The van der Waals surface area contributed by atoms with E-state index in [4.69, 9.17) is 0 Å². The number of hydrogen-bond donors (Lipinski definition) is 0. The first-order valence-electron chi connectivity index (χ1n) is 9.23. The fourth-order valence-electron chi connectivity index (χ4n) is 4.22. The first-order chi connectivity index (χ1) is 11.6. The molecular weight excluding hydrogens is 288 g/mol. The van der Waals surface area contributed by atoms with Gasteiger partial charge in [0.1, 0.15) is 0 Å². The van der Waals surface area contributed by atoms with E-state index in [0.29, 0.717) is 0 Å². The van der Waals surface area contributed by atoms with E-state index in [1.807, 2.05) is 0 Å². The highest BCUT2D eigenvalue weighted by atomic mass is 14.3. The maximum atomic E-state index is 2.44. The Morgan fingerprint density at radius 1 is 0.958 bits per heavy atom. The SMILES string of the molecule is Cc1ccc(C2=CC(c3ccc4c(c3)CCC4C(C)C)=CC2)cc1. The molecule has 0 spiro atoms. The Bertz CT molecular complexity index is 816. The molecule has 0 N–H and O–H groups in total. The van der Waals surface area contributed by atoms with E-state index in [0.717, 1.165) is 18.3 Å². The molecule has 0 bridgehead atoms. The van der Waals surface area contributed by atoms with Crippen LogP contribution in [0.25, 0.3) is 11.1 Å². The lowest BCUT2D eigenvalue weighted by Gasteiger charge is -2.16. The normalized spacial score (nSPS) is 19.4. The highest BCUT2D eigenvalue weighted by Crippen LogP contribution is 2.40. The molecular formula is C24H26. The zero-order valence-electron chi connectivity index (χ0n) is 15.0. The van der Waals surface area contributed by atoms with Crippen molar-refractivity contribution >= 4 is 11.1 Å². The summed E-state index contributed by atoms with van der Waals surface area (Å²) in [5.74, 6) is 1.50. The van der Waals surface area contributed by atoms with Gasteiger partial charge in [-0.2, -0.15) is 0 Å². The largest absolute Gasteiger partial charge is 0.0722 e. The lowest BCUT2D eigenvalue weighted by molar-refractivity contribution is 0.496. The van der Waals surface area contributed by atoms with Crippen LogP contribution in [0.1, 0.15) is 60.4 Å². The molecule has 0 saturated carbocycles. The molecule has 122 valence electrons. The molecule has 0 aliphatic heterocycles. The van der Waals surface area contributed by atoms with Crippen molar-refractivity contribution < 1.29 is 0 Å². The minimum atomic E-state index is 0.746. The average Bonchev–Trinajstić information content (AvgIpc) is 3.22. The van der Waals surface area contributed by atoms with Crippen LogP contribution in [0.3, 0.4) is 0 Å². The first kappa shape index (κ1) is 15.4. The van der Waals surface area contributed by atoms with Crippen LogP contribution in [-0.4, -0.2) is 0 Å². The number of aryl methyl sites for hydroxylation is 2. The standard InChI is InChI=1S/C24H26/c1-16(2)23-12-11-22-15-21(10-13-24(22)23)20-9-8-19(14-20)18-6-4-17(3)5-7-18/h4-7,9-10,13-16,23H,8,11-12H2,1-3H3. The third-order valence-electron chi connectivity index (χ3n) is 5.70. The van der Waals surface area contributed by atoms with Crippen LogP contribution in [0.15, 0.2) is 54.6 Å². The maximum Gasteiger partial charge on any atom is -0.00821 e. The number of benzene rings is 2. The van der Waals surface area contributed by atoms with Crippen LogP contribution in [0.2, 0.25) is 0 Å². The minimum absolute atomic E-state index is 0.746. The summed E-state index contributed by atoms with van der Waals surface area (Å²) in [7, 11) is 0. The fraction of sp³-hybridized carbons (Fsp3) is 0.333. The van der Waals surface area contributed by atoms with Gasteiger partial charge in [-0.25, -0.2) is 0 Å². The molecule has 2 aromatic rings. The Morgan fingerprint density at radius 3 is 2.46 bits per heavy atom. The molecule has 4 rings (SSSR count). The summed E-state index contributed by atoms with van der Waals surface area (Å²) in [5.41, 5.74) is 10.1. The molecule has 0 aromatic heterocycles. The molecule has 0 nitrogen and oxygen atoms in total. The summed E-state index contributed by atoms with van der Waals surface area (Å²) >= 11 is 0. The van der Waals surface area contributed by atoms with Gasteiger partial charge in [0.25, 0.3) is 0 Å². The van der Waals surface area contributed by atoms with Crippen molar-refractivity contribution in [2.24, 2.45) is 5.92 Å². The average molecular weight is 314 g/mol. The smallest absolute Gasteiger partial charge is 0.00821 e. The molecule has 2 aliphatic carbocycles. The number of fused-ring (bicyclic) bond motifs is 1. The summed E-state index contributed by atoms with van der Waals surface area (Å²) < 4.78 is 0. The molecule has 2 aromatic carbocycles. The lowest BCUT2D eigenvalue weighted by atomic mass is 9.89. The van der Waals surface area contributed by atoms with Crippen LogP contribution in [0, 0.1) is 12.8 Å². The molecule has 2 aliphatic rings. The molecule has 0 fully saturated rings. The predicted molar refractivity (Wildman–Crippen MR) is 104 cm³/mol. The molecule has 0 radical (unpaired) electrons. The topological polar surface area (TPSA) is 0 Å². The van der Waals surface area contributed by atoms with Gasteiger partial charge in [-0.15, -0.1) is 0 Å². The van der Waals surface area contributed by atoms with Gasteiger partial charge in [0.05, 0.1) is 0 Å². The van der Waals surface area contributed by atoms with Gasteiger partial charge in [-0.3, -0.25) is 0 Å². The van der Waals surface area contributed by atoms with Crippen LogP contribution < -0.4 is 0 Å². The molecule has 0 saturated heterocycles. The van der Waals surface area contributed by atoms with Crippen molar-refractivity contribution in [1.82, 2.24) is 0 Å². The second kappa shape index (κ2) is 6.09. The summed E-state index contributed by atoms with van der Waals surface area (Å²) in [6.45, 7) is 6.85. The minimum Gasteiger partial charge on any atom is -0.0722 e. The first-order valence-corrected chi connectivity index (χ1v) is 9.23. The van der Waals surface area contributed by atoms with Gasteiger partial charge in [0.15, 0.2) is 0 Å². The van der Waals surface area contributed by atoms with Gasteiger partial charge in [0, 0.05) is 0 Å². The molecule has 0 amide bonds. The molecule has 1 atom stereocenters. The van der Waals surface area contributed by atoms with E-state index in [2.05, 4.69) is 75.4 Å². The Balaban J connectivity index is 1.60. The summed E-state index contributed by atoms with van der Waals surface area (Å²) in [6, 6.07) is 16.1. The van der Waals surface area contributed by atoms with Crippen molar-refractivity contribution in [1.29, 1.82) is 0 Å². The predicted octanol–water partition coefficient (Wildman–Crippen LogP) is 6.55. The van der Waals surface area contributed by atoms with Gasteiger partial charge in [0.2, 0.25) is 0 Å². The summed E-state index contributed by atoms with van der Waals surface area (Å²) in [6.07, 6.45) is 8.37. The van der Waals surface area contributed by atoms with Crippen molar-refractivity contribution in [2.75, 3.05) is 0 Å². The van der Waals surface area contributed by atoms with E-state index in [-0.39, 0.29) is 0 Å². The second-order valence-electron chi connectivity index (χ2n) is 7.70. The van der Waals surface area contributed by atoms with Crippen LogP contribution >= 0.6 is 0 Å². The van der Waals surface area contributed by atoms with E-state index >= 15 is 0 Å². The van der Waals surface area contributed by atoms with Gasteiger partial charge >= 0.3 is 0 Å². The fourth-order valence-corrected chi connectivity index (χ4v) is 4.22. The van der Waals surface area contributed by atoms with Gasteiger partial charge in [-0.1, -0.05) is 74.0 Å². The van der Waals surface area contributed by atoms with Gasteiger partial charge in [-0.05, 0) is 71.4 Å². The highest BCUT2D eigenvalue weighted by molar-refractivity contribution is 5.89. The third kappa shape index (κ3) is 2.75. The van der Waals surface area contributed by atoms with Crippen LogP contribution in [-0.2, 0) is 6.42 Å². The number of hydrogen-bond acceptors (Lipinski definition) is 0. The van der Waals surface area contributed by atoms with Gasteiger partial charge < -0.3 is 0 Å². The molecule has 1 unspecified atom stereocenters. The quantitative estimate of drug-likeness (QED) is 0.602. The van der Waals surface area contributed by atoms with Crippen molar-refractivity contribution in [3.63, 3.8) is 0 Å². The number of rotatable bonds is 3. The van der Waals surface area contributed by atoms with Crippen molar-refractivity contribution in [3.05, 3.63) is 82.4 Å². The zero-order chi connectivity index (χ0) is 16.7. The monoisotopic (exact) mass is 314 g/mol. The Kier molecular flexibility index (Phi) is 3.92. The Morgan fingerprint density at radius 2 is 1.71 bits per heavy atom. The summed E-state index contributed by atoms with van der Waals surface area (Å²) in [5, 5.41) is 0. The third-order valence-corrected chi connectivity index (χ3v) is 5.70. The van der Waals surface area contributed by atoms with Crippen molar-refractivity contribution in [3.8, 4) is 0 Å². The molecule has 0 heteroatoms. The highest BCUT2D eigenvalue weighted by Gasteiger charge is 2.25. The van der Waals surface area contributed by atoms with E-state index < -0.39 is 0 Å². The second-order valence-corrected chi connectivity index (χ2v) is 7.70.